The largest absolute Gasteiger partial charge is 0.312 e. The monoisotopic (exact) mass is 465 g/mol. The minimum absolute atomic E-state index is 0.171. The summed E-state index contributed by atoms with van der Waals surface area (Å²) in [5, 5.41) is 13.1. The topological polar surface area (TPSA) is 99.1 Å². The van der Waals surface area contributed by atoms with E-state index in [-0.39, 0.29) is 10.8 Å². The molecule has 0 radical (unpaired) electrons. The van der Waals surface area contributed by atoms with Gasteiger partial charge in [-0.2, -0.15) is 5.26 Å². The molecule has 0 bridgehead atoms. The molecule has 1 heterocycles. The van der Waals surface area contributed by atoms with Crippen molar-refractivity contribution < 1.29 is 13.2 Å². The zero-order valence-corrected chi connectivity index (χ0v) is 19.4. The number of carbonyl (C=O) groups excluding carboxylic acids is 1. The first-order valence-corrected chi connectivity index (χ1v) is 12.6. The van der Waals surface area contributed by atoms with Crippen molar-refractivity contribution in [2.45, 2.75) is 38.0 Å². The third-order valence-corrected chi connectivity index (χ3v) is 8.15. The van der Waals surface area contributed by atoms with Gasteiger partial charge in [0.2, 0.25) is 0 Å². The van der Waals surface area contributed by atoms with E-state index in [4.69, 9.17) is 0 Å². The predicted octanol–water partition coefficient (Wildman–Crippen LogP) is 5.11. The SMILES string of the molecule is Cc1ccc(S(=O)(=O)Nc2ccc(C(=O)Nc3sc4c(c3C#N)CCC(C)C4)cc2)cc1. The van der Waals surface area contributed by atoms with Gasteiger partial charge in [-0.1, -0.05) is 24.6 Å². The zero-order chi connectivity index (χ0) is 22.9. The summed E-state index contributed by atoms with van der Waals surface area (Å²) < 4.78 is 27.6. The number of hydrogen-bond donors (Lipinski definition) is 2. The Hall–Kier alpha value is -3.15. The Balaban J connectivity index is 1.48. The summed E-state index contributed by atoms with van der Waals surface area (Å²) in [6.07, 6.45) is 2.84. The van der Waals surface area contributed by atoms with Crippen LogP contribution in [0.4, 0.5) is 10.7 Å². The Kier molecular flexibility index (Phi) is 6.04. The number of anilines is 2. The van der Waals surface area contributed by atoms with E-state index in [2.05, 4.69) is 23.0 Å². The van der Waals surface area contributed by atoms with Gasteiger partial charge in [0, 0.05) is 16.1 Å². The Morgan fingerprint density at radius 2 is 1.81 bits per heavy atom. The van der Waals surface area contributed by atoms with E-state index in [1.165, 1.54) is 16.2 Å². The van der Waals surface area contributed by atoms with Crippen molar-refractivity contribution in [2.24, 2.45) is 5.92 Å². The van der Waals surface area contributed by atoms with Crippen LogP contribution in [0, 0.1) is 24.2 Å². The first-order valence-electron chi connectivity index (χ1n) is 10.3. The highest BCUT2D eigenvalue weighted by Crippen LogP contribution is 2.39. The molecule has 32 heavy (non-hydrogen) atoms. The molecule has 8 heteroatoms. The summed E-state index contributed by atoms with van der Waals surface area (Å²) in [6.45, 7) is 4.08. The number of fused-ring (bicyclic) bond motifs is 1. The van der Waals surface area contributed by atoms with Gasteiger partial charge >= 0.3 is 0 Å². The number of nitrogens with one attached hydrogen (secondary N) is 2. The van der Waals surface area contributed by atoms with Crippen LogP contribution in [0.5, 0.6) is 0 Å². The molecule has 4 rings (SSSR count). The molecule has 1 aliphatic rings. The van der Waals surface area contributed by atoms with Crippen LogP contribution in [-0.4, -0.2) is 14.3 Å². The molecule has 1 aromatic heterocycles. The first kappa shape index (κ1) is 22.1. The molecule has 164 valence electrons. The van der Waals surface area contributed by atoms with Crippen molar-refractivity contribution in [2.75, 3.05) is 10.0 Å². The van der Waals surface area contributed by atoms with E-state index in [0.717, 1.165) is 30.4 Å². The fourth-order valence-corrected chi connectivity index (χ4v) is 6.17. The molecule has 1 aliphatic carbocycles. The Morgan fingerprint density at radius 3 is 2.47 bits per heavy atom. The number of hydrogen-bond acceptors (Lipinski definition) is 5. The minimum Gasteiger partial charge on any atom is -0.312 e. The average Bonchev–Trinajstić information content (AvgIpc) is 3.10. The molecule has 1 amide bonds. The third kappa shape index (κ3) is 4.54. The zero-order valence-electron chi connectivity index (χ0n) is 17.8. The predicted molar refractivity (Wildman–Crippen MR) is 127 cm³/mol. The van der Waals surface area contributed by atoms with E-state index in [1.807, 2.05) is 6.92 Å². The number of rotatable bonds is 5. The van der Waals surface area contributed by atoms with Crippen molar-refractivity contribution in [1.29, 1.82) is 5.26 Å². The lowest BCUT2D eigenvalue weighted by Crippen LogP contribution is -2.14. The van der Waals surface area contributed by atoms with Crippen LogP contribution in [0.1, 0.15) is 45.3 Å². The van der Waals surface area contributed by atoms with E-state index in [9.17, 15) is 18.5 Å². The molecule has 1 atom stereocenters. The number of aryl methyl sites for hydroxylation is 1. The maximum Gasteiger partial charge on any atom is 0.261 e. The van der Waals surface area contributed by atoms with Crippen molar-refractivity contribution in [3.05, 3.63) is 75.7 Å². The van der Waals surface area contributed by atoms with Crippen molar-refractivity contribution in [3.8, 4) is 6.07 Å². The van der Waals surface area contributed by atoms with E-state index >= 15 is 0 Å². The van der Waals surface area contributed by atoms with Crippen molar-refractivity contribution in [3.63, 3.8) is 0 Å². The van der Waals surface area contributed by atoms with Crippen LogP contribution in [-0.2, 0) is 22.9 Å². The average molecular weight is 466 g/mol. The summed E-state index contributed by atoms with van der Waals surface area (Å²) >= 11 is 1.48. The van der Waals surface area contributed by atoms with Gasteiger partial charge < -0.3 is 5.32 Å². The molecule has 0 spiro atoms. The van der Waals surface area contributed by atoms with Crippen LogP contribution in [0.25, 0.3) is 0 Å². The molecular formula is C24H23N3O3S2. The van der Waals surface area contributed by atoms with E-state index in [0.29, 0.717) is 27.7 Å². The maximum atomic E-state index is 12.8. The standard InChI is InChI=1S/C24H23N3O3S2/c1-15-3-10-19(11-4-15)32(29,30)27-18-8-6-17(7-9-18)23(28)26-24-21(14-25)20-12-5-16(2)13-22(20)31-24/h3-4,6-11,16,27H,5,12-13H2,1-2H3,(H,26,28). The fourth-order valence-electron chi connectivity index (χ4n) is 3.75. The first-order chi connectivity index (χ1) is 15.3. The molecular weight excluding hydrogens is 442 g/mol. The molecule has 6 nitrogen and oxygen atoms in total. The van der Waals surface area contributed by atoms with Gasteiger partial charge in [0.15, 0.2) is 0 Å². The molecule has 2 aromatic carbocycles. The van der Waals surface area contributed by atoms with Crippen LogP contribution in [0.3, 0.4) is 0 Å². The molecule has 2 N–H and O–H groups in total. The number of carbonyl (C=O) groups is 1. The number of nitrogens with zero attached hydrogens (tertiary/aromatic N) is 1. The van der Waals surface area contributed by atoms with Crippen LogP contribution >= 0.6 is 11.3 Å². The van der Waals surface area contributed by atoms with Crippen LogP contribution < -0.4 is 10.0 Å². The lowest BCUT2D eigenvalue weighted by atomic mass is 9.88. The highest BCUT2D eigenvalue weighted by molar-refractivity contribution is 7.92. The summed E-state index contributed by atoms with van der Waals surface area (Å²) in [7, 11) is -3.71. The smallest absolute Gasteiger partial charge is 0.261 e. The van der Waals surface area contributed by atoms with Crippen molar-refractivity contribution in [1.82, 2.24) is 0 Å². The maximum absolute atomic E-state index is 12.8. The lowest BCUT2D eigenvalue weighted by Gasteiger charge is -2.17. The number of sulfonamides is 1. The second-order valence-electron chi connectivity index (χ2n) is 8.12. The number of thiophene rings is 1. The van der Waals surface area contributed by atoms with Gasteiger partial charge in [0.05, 0.1) is 10.5 Å². The normalized spacial score (nSPS) is 15.5. The Morgan fingerprint density at radius 1 is 1.12 bits per heavy atom. The third-order valence-electron chi connectivity index (χ3n) is 5.58. The second-order valence-corrected chi connectivity index (χ2v) is 10.9. The van der Waals surface area contributed by atoms with Gasteiger partial charge in [0.25, 0.3) is 15.9 Å². The Labute approximate surface area is 192 Å². The minimum atomic E-state index is -3.71. The molecule has 0 saturated heterocycles. The summed E-state index contributed by atoms with van der Waals surface area (Å²) in [6, 6.07) is 15.0. The second kappa shape index (κ2) is 8.77. The van der Waals surface area contributed by atoms with Gasteiger partial charge in [-0.3, -0.25) is 9.52 Å². The molecule has 3 aromatic rings. The van der Waals surface area contributed by atoms with E-state index < -0.39 is 10.0 Å². The van der Waals surface area contributed by atoms with Gasteiger partial charge in [-0.25, -0.2) is 8.42 Å². The lowest BCUT2D eigenvalue weighted by molar-refractivity contribution is 0.102. The van der Waals surface area contributed by atoms with Gasteiger partial charge in [0.1, 0.15) is 11.1 Å². The highest BCUT2D eigenvalue weighted by atomic mass is 32.2. The number of benzene rings is 2. The highest BCUT2D eigenvalue weighted by Gasteiger charge is 2.25. The van der Waals surface area contributed by atoms with E-state index in [1.54, 1.807) is 48.5 Å². The number of amides is 1. The Bertz CT molecular complexity index is 1300. The summed E-state index contributed by atoms with van der Waals surface area (Å²) in [5.41, 5.74) is 3.34. The quantitative estimate of drug-likeness (QED) is 0.547. The molecule has 0 saturated carbocycles. The van der Waals surface area contributed by atoms with Gasteiger partial charge in [-0.15, -0.1) is 11.3 Å². The summed E-state index contributed by atoms with van der Waals surface area (Å²) in [5.74, 6) is 0.244. The summed E-state index contributed by atoms with van der Waals surface area (Å²) in [4.78, 5) is 14.1. The number of nitriles is 1. The fraction of sp³-hybridized carbons (Fsp3) is 0.250. The molecule has 0 fully saturated rings. The molecule has 1 unspecified atom stereocenters. The molecule has 0 aliphatic heterocycles. The van der Waals surface area contributed by atoms with Gasteiger partial charge in [-0.05, 0) is 74.1 Å². The van der Waals surface area contributed by atoms with Crippen molar-refractivity contribution >= 4 is 38.0 Å². The van der Waals surface area contributed by atoms with Crippen LogP contribution in [0.15, 0.2) is 53.4 Å². The van der Waals surface area contributed by atoms with Crippen LogP contribution in [0.2, 0.25) is 0 Å².